The predicted octanol–water partition coefficient (Wildman–Crippen LogP) is 2.22. The second kappa shape index (κ2) is 4.08. The molecule has 1 fully saturated rings. The first kappa shape index (κ1) is 10.9. The summed E-state index contributed by atoms with van der Waals surface area (Å²) in [5, 5.41) is 9.89. The van der Waals surface area contributed by atoms with Crippen LogP contribution in [0.1, 0.15) is 18.0 Å². The molecular formula is C11H13ClFNO. The minimum atomic E-state index is -0.511. The van der Waals surface area contributed by atoms with E-state index in [9.17, 15) is 9.50 Å². The molecule has 2 nitrogen and oxygen atoms in total. The van der Waals surface area contributed by atoms with Crippen molar-refractivity contribution < 1.29 is 9.50 Å². The molecule has 1 aromatic carbocycles. The van der Waals surface area contributed by atoms with Gasteiger partial charge in [-0.3, -0.25) is 4.90 Å². The average Bonchev–Trinajstić information content (AvgIpc) is 2.52. The van der Waals surface area contributed by atoms with E-state index in [1.807, 2.05) is 11.9 Å². The molecule has 0 radical (unpaired) electrons. The summed E-state index contributed by atoms with van der Waals surface area (Å²) >= 11 is 5.71. The Hall–Kier alpha value is -0.640. The summed E-state index contributed by atoms with van der Waals surface area (Å²) in [7, 11) is 1.88. The summed E-state index contributed by atoms with van der Waals surface area (Å²) in [4.78, 5) is 1.94. The molecule has 0 spiro atoms. The van der Waals surface area contributed by atoms with Crippen LogP contribution in [0.5, 0.6) is 0 Å². The van der Waals surface area contributed by atoms with Gasteiger partial charge < -0.3 is 5.11 Å². The van der Waals surface area contributed by atoms with Crippen LogP contribution in [0.3, 0.4) is 0 Å². The molecule has 2 atom stereocenters. The lowest BCUT2D eigenvalue weighted by Gasteiger charge is -2.23. The van der Waals surface area contributed by atoms with E-state index in [4.69, 9.17) is 11.6 Å². The summed E-state index contributed by atoms with van der Waals surface area (Å²) in [6, 6.07) is 4.63. The Morgan fingerprint density at radius 3 is 2.87 bits per heavy atom. The normalized spacial score (nSPS) is 27.2. The van der Waals surface area contributed by atoms with Crippen LogP contribution >= 0.6 is 11.6 Å². The molecule has 0 bridgehead atoms. The largest absolute Gasteiger partial charge is 0.391 e. The second-order valence-electron chi connectivity index (χ2n) is 3.92. The smallest absolute Gasteiger partial charge is 0.146 e. The van der Waals surface area contributed by atoms with Gasteiger partial charge in [0.15, 0.2) is 0 Å². The number of hydrogen-bond donors (Lipinski definition) is 1. The Bertz CT molecular complexity index is 362. The molecule has 1 heterocycles. The quantitative estimate of drug-likeness (QED) is 0.798. The first-order valence-corrected chi connectivity index (χ1v) is 5.31. The van der Waals surface area contributed by atoms with Gasteiger partial charge in [0.1, 0.15) is 5.82 Å². The van der Waals surface area contributed by atoms with Gasteiger partial charge in [0.2, 0.25) is 0 Å². The van der Waals surface area contributed by atoms with Gasteiger partial charge in [-0.2, -0.15) is 0 Å². The second-order valence-corrected chi connectivity index (χ2v) is 4.33. The van der Waals surface area contributed by atoms with Crippen molar-refractivity contribution in [3.63, 3.8) is 0 Å². The number of likely N-dealkylation sites (N-methyl/N-ethyl adjacent to an activating group) is 1. The molecule has 0 aromatic heterocycles. The van der Waals surface area contributed by atoms with E-state index in [-0.39, 0.29) is 11.1 Å². The predicted molar refractivity (Wildman–Crippen MR) is 57.4 cm³/mol. The van der Waals surface area contributed by atoms with Crippen molar-refractivity contribution in [2.45, 2.75) is 18.6 Å². The van der Waals surface area contributed by atoms with E-state index in [0.717, 1.165) is 6.54 Å². The van der Waals surface area contributed by atoms with Crippen molar-refractivity contribution in [3.05, 3.63) is 34.6 Å². The van der Waals surface area contributed by atoms with Crippen molar-refractivity contribution in [2.75, 3.05) is 13.6 Å². The van der Waals surface area contributed by atoms with Crippen LogP contribution in [0.25, 0.3) is 0 Å². The highest BCUT2D eigenvalue weighted by molar-refractivity contribution is 6.30. The van der Waals surface area contributed by atoms with E-state index >= 15 is 0 Å². The maximum absolute atomic E-state index is 13.7. The Kier molecular flexibility index (Phi) is 2.96. The zero-order valence-corrected chi connectivity index (χ0v) is 9.21. The van der Waals surface area contributed by atoms with E-state index in [1.54, 1.807) is 12.1 Å². The minimum Gasteiger partial charge on any atom is -0.391 e. The lowest BCUT2D eigenvalue weighted by atomic mass is 10.0. The van der Waals surface area contributed by atoms with Crippen LogP contribution in [0.15, 0.2) is 18.2 Å². The highest BCUT2D eigenvalue weighted by Gasteiger charge is 2.33. The fourth-order valence-electron chi connectivity index (χ4n) is 2.12. The van der Waals surface area contributed by atoms with Gasteiger partial charge in [0.25, 0.3) is 0 Å². The van der Waals surface area contributed by atoms with E-state index in [0.29, 0.717) is 12.0 Å². The molecule has 0 aliphatic carbocycles. The van der Waals surface area contributed by atoms with Crippen molar-refractivity contribution in [1.82, 2.24) is 4.90 Å². The van der Waals surface area contributed by atoms with Crippen molar-refractivity contribution in [2.24, 2.45) is 0 Å². The number of aliphatic hydroxyl groups excluding tert-OH is 1. The number of nitrogens with zero attached hydrogens (tertiary/aromatic N) is 1. The monoisotopic (exact) mass is 229 g/mol. The maximum atomic E-state index is 13.7. The lowest BCUT2D eigenvalue weighted by molar-refractivity contribution is 0.125. The summed E-state index contributed by atoms with van der Waals surface area (Å²) in [5.41, 5.74) is 0.481. The Labute approximate surface area is 93.3 Å². The Balaban J connectivity index is 2.40. The van der Waals surface area contributed by atoms with E-state index in [1.165, 1.54) is 6.07 Å². The van der Waals surface area contributed by atoms with Gasteiger partial charge in [-0.15, -0.1) is 0 Å². The molecule has 2 rings (SSSR count). The zero-order chi connectivity index (χ0) is 11.0. The van der Waals surface area contributed by atoms with Gasteiger partial charge >= 0.3 is 0 Å². The molecule has 1 N–H and O–H groups in total. The summed E-state index contributed by atoms with van der Waals surface area (Å²) in [6.45, 7) is 0.776. The molecule has 1 saturated heterocycles. The molecule has 1 aliphatic rings. The molecule has 1 aromatic rings. The first-order chi connectivity index (χ1) is 7.11. The van der Waals surface area contributed by atoms with Crippen LogP contribution in [-0.4, -0.2) is 29.7 Å². The van der Waals surface area contributed by atoms with E-state index < -0.39 is 11.9 Å². The summed E-state index contributed by atoms with van der Waals surface area (Å²) < 4.78 is 13.7. The van der Waals surface area contributed by atoms with Crippen LogP contribution < -0.4 is 0 Å². The Morgan fingerprint density at radius 2 is 2.27 bits per heavy atom. The SMILES string of the molecule is CN1CCC(O)C1c1cccc(Cl)c1F. The van der Waals surface area contributed by atoms with Crippen LogP contribution in [0, 0.1) is 5.82 Å². The fourth-order valence-corrected chi connectivity index (χ4v) is 2.30. The highest BCUT2D eigenvalue weighted by atomic mass is 35.5. The molecule has 82 valence electrons. The number of aliphatic hydroxyl groups is 1. The fraction of sp³-hybridized carbons (Fsp3) is 0.455. The standard InChI is InChI=1S/C11H13ClFNO/c1-14-6-5-9(15)11(14)7-3-2-4-8(12)10(7)13/h2-4,9,11,15H,5-6H2,1H3. The van der Waals surface area contributed by atoms with E-state index in [2.05, 4.69) is 0 Å². The Morgan fingerprint density at radius 1 is 1.53 bits per heavy atom. The van der Waals surface area contributed by atoms with Crippen molar-refractivity contribution in [3.8, 4) is 0 Å². The van der Waals surface area contributed by atoms with Crippen molar-refractivity contribution >= 4 is 11.6 Å². The molecule has 1 aliphatic heterocycles. The number of halogens is 2. The van der Waals surface area contributed by atoms with Gasteiger partial charge in [-0.1, -0.05) is 23.7 Å². The van der Waals surface area contributed by atoms with Gasteiger partial charge in [-0.05, 0) is 19.5 Å². The van der Waals surface area contributed by atoms with Gasteiger partial charge in [0.05, 0.1) is 17.2 Å². The zero-order valence-electron chi connectivity index (χ0n) is 8.45. The lowest BCUT2D eigenvalue weighted by Crippen LogP contribution is -2.24. The molecule has 0 saturated carbocycles. The van der Waals surface area contributed by atoms with Crippen molar-refractivity contribution in [1.29, 1.82) is 0 Å². The van der Waals surface area contributed by atoms with Gasteiger partial charge in [0, 0.05) is 12.1 Å². The van der Waals surface area contributed by atoms with Gasteiger partial charge in [-0.25, -0.2) is 4.39 Å². The molecule has 2 unspecified atom stereocenters. The summed E-state index contributed by atoms with van der Waals surface area (Å²) in [5.74, 6) is -0.419. The third-order valence-corrected chi connectivity index (χ3v) is 3.21. The number of rotatable bonds is 1. The first-order valence-electron chi connectivity index (χ1n) is 4.93. The maximum Gasteiger partial charge on any atom is 0.146 e. The number of benzene rings is 1. The molecule has 4 heteroatoms. The van der Waals surface area contributed by atoms with Crippen LogP contribution in [0.2, 0.25) is 5.02 Å². The van der Waals surface area contributed by atoms with Crippen LogP contribution in [0.4, 0.5) is 4.39 Å². The molecule has 15 heavy (non-hydrogen) atoms. The summed E-state index contributed by atoms with van der Waals surface area (Å²) in [6.07, 6.45) is 0.163. The molecular weight excluding hydrogens is 217 g/mol. The van der Waals surface area contributed by atoms with Crippen LogP contribution in [-0.2, 0) is 0 Å². The average molecular weight is 230 g/mol. The number of likely N-dealkylation sites (tertiary alicyclic amines) is 1. The number of hydrogen-bond acceptors (Lipinski definition) is 2. The highest BCUT2D eigenvalue weighted by Crippen LogP contribution is 2.34. The third-order valence-electron chi connectivity index (χ3n) is 2.92. The third kappa shape index (κ3) is 1.87. The topological polar surface area (TPSA) is 23.5 Å². The molecule has 0 amide bonds. The minimum absolute atomic E-state index is 0.111.